The molecule has 1 aliphatic heterocycles. The highest BCUT2D eigenvalue weighted by molar-refractivity contribution is 5.55. The van der Waals surface area contributed by atoms with Crippen molar-refractivity contribution in [1.82, 2.24) is 5.32 Å². The van der Waals surface area contributed by atoms with Crippen molar-refractivity contribution in [3.8, 4) is 0 Å². The topological polar surface area (TPSA) is 35.5 Å². The minimum absolute atomic E-state index is 0.263. The molecular formula is C17H28N2O. The fourth-order valence-electron chi connectivity index (χ4n) is 3.07. The summed E-state index contributed by atoms with van der Waals surface area (Å²) in [6, 6.07) is 7.02. The maximum atomic E-state index is 9.56. The van der Waals surface area contributed by atoms with Crippen LogP contribution < -0.4 is 10.2 Å². The number of piperidine rings is 1. The lowest BCUT2D eigenvalue weighted by molar-refractivity contribution is 0.240. The summed E-state index contributed by atoms with van der Waals surface area (Å²) < 4.78 is 0. The van der Waals surface area contributed by atoms with Crippen molar-refractivity contribution in [3.05, 3.63) is 29.3 Å². The van der Waals surface area contributed by atoms with Gasteiger partial charge in [-0.3, -0.25) is 0 Å². The molecule has 0 radical (unpaired) electrons. The van der Waals surface area contributed by atoms with Crippen LogP contribution in [-0.2, 0) is 6.54 Å². The molecule has 20 heavy (non-hydrogen) atoms. The van der Waals surface area contributed by atoms with Crippen LogP contribution in [0.4, 0.5) is 5.69 Å². The van der Waals surface area contributed by atoms with E-state index in [1.165, 1.54) is 36.1 Å². The van der Waals surface area contributed by atoms with Gasteiger partial charge in [0.25, 0.3) is 0 Å². The summed E-state index contributed by atoms with van der Waals surface area (Å²) in [6.07, 6.45) is 4.74. The highest BCUT2D eigenvalue weighted by atomic mass is 16.3. The van der Waals surface area contributed by atoms with E-state index in [9.17, 15) is 5.11 Å². The quantitative estimate of drug-likeness (QED) is 0.784. The summed E-state index contributed by atoms with van der Waals surface area (Å²) in [6.45, 7) is 7.71. The van der Waals surface area contributed by atoms with Gasteiger partial charge in [0.1, 0.15) is 0 Å². The molecule has 1 unspecified atom stereocenters. The van der Waals surface area contributed by atoms with E-state index in [1.54, 1.807) is 0 Å². The average Bonchev–Trinajstić information content (AvgIpc) is 2.48. The second-order valence-electron chi connectivity index (χ2n) is 5.82. The normalized spacial score (nSPS) is 19.4. The van der Waals surface area contributed by atoms with Crippen molar-refractivity contribution >= 4 is 5.69 Å². The zero-order valence-corrected chi connectivity index (χ0v) is 12.9. The van der Waals surface area contributed by atoms with Gasteiger partial charge in [-0.15, -0.1) is 0 Å². The minimum atomic E-state index is 0.263. The average molecular weight is 276 g/mol. The first-order chi connectivity index (χ1) is 9.76. The number of nitrogens with one attached hydrogen (secondary N) is 1. The van der Waals surface area contributed by atoms with Crippen LogP contribution in [0.5, 0.6) is 0 Å². The van der Waals surface area contributed by atoms with Gasteiger partial charge in [0.15, 0.2) is 0 Å². The van der Waals surface area contributed by atoms with E-state index in [0.29, 0.717) is 6.04 Å². The lowest BCUT2D eigenvalue weighted by Gasteiger charge is -2.37. The molecular weight excluding hydrogens is 248 g/mol. The van der Waals surface area contributed by atoms with E-state index in [0.717, 1.165) is 26.1 Å². The molecule has 112 valence electrons. The van der Waals surface area contributed by atoms with Gasteiger partial charge in [-0.05, 0) is 56.3 Å². The zero-order valence-electron chi connectivity index (χ0n) is 12.9. The lowest BCUT2D eigenvalue weighted by Crippen LogP contribution is -2.42. The van der Waals surface area contributed by atoms with E-state index in [-0.39, 0.29) is 6.61 Å². The highest BCUT2D eigenvalue weighted by Crippen LogP contribution is 2.28. The molecule has 0 aromatic heterocycles. The van der Waals surface area contributed by atoms with Gasteiger partial charge >= 0.3 is 0 Å². The molecule has 0 saturated carbocycles. The molecule has 3 nitrogen and oxygen atoms in total. The zero-order chi connectivity index (χ0) is 14.4. The Balaban J connectivity index is 2.08. The third-order valence-corrected chi connectivity index (χ3v) is 4.16. The van der Waals surface area contributed by atoms with Crippen LogP contribution in [0.25, 0.3) is 0 Å². The number of aliphatic hydroxyl groups is 1. The molecule has 1 fully saturated rings. The molecule has 1 saturated heterocycles. The standard InChI is InChI=1S/C17H28N2O/c1-3-9-18-12-15-7-8-17(14(2)11-15)19-10-5-4-6-16(19)13-20/h7-8,11,16,18,20H,3-6,9-10,12-13H2,1-2H3. The van der Waals surface area contributed by atoms with Crippen LogP contribution >= 0.6 is 0 Å². The predicted molar refractivity (Wildman–Crippen MR) is 85.2 cm³/mol. The van der Waals surface area contributed by atoms with Gasteiger partial charge < -0.3 is 15.3 Å². The molecule has 1 atom stereocenters. The Labute approximate surface area is 123 Å². The van der Waals surface area contributed by atoms with E-state index >= 15 is 0 Å². The first-order valence-electron chi connectivity index (χ1n) is 7.94. The van der Waals surface area contributed by atoms with E-state index in [1.807, 2.05) is 0 Å². The van der Waals surface area contributed by atoms with Crippen molar-refractivity contribution in [2.45, 2.75) is 52.1 Å². The summed E-state index contributed by atoms with van der Waals surface area (Å²) in [7, 11) is 0. The van der Waals surface area contributed by atoms with Crippen molar-refractivity contribution in [1.29, 1.82) is 0 Å². The first-order valence-corrected chi connectivity index (χ1v) is 7.94. The number of hydrogen-bond donors (Lipinski definition) is 2. The lowest BCUT2D eigenvalue weighted by atomic mass is 9.99. The second-order valence-corrected chi connectivity index (χ2v) is 5.82. The summed E-state index contributed by atoms with van der Waals surface area (Å²) in [4.78, 5) is 2.39. The number of benzene rings is 1. The van der Waals surface area contributed by atoms with E-state index in [4.69, 9.17) is 0 Å². The van der Waals surface area contributed by atoms with Gasteiger partial charge in [-0.25, -0.2) is 0 Å². The van der Waals surface area contributed by atoms with Crippen molar-refractivity contribution in [2.75, 3.05) is 24.6 Å². The largest absolute Gasteiger partial charge is 0.394 e. The summed E-state index contributed by atoms with van der Waals surface area (Å²) in [5.41, 5.74) is 3.96. The van der Waals surface area contributed by atoms with Gasteiger partial charge in [-0.1, -0.05) is 19.1 Å². The van der Waals surface area contributed by atoms with Gasteiger partial charge in [-0.2, -0.15) is 0 Å². The Morgan fingerprint density at radius 3 is 2.90 bits per heavy atom. The Morgan fingerprint density at radius 1 is 1.35 bits per heavy atom. The van der Waals surface area contributed by atoms with Gasteiger partial charge in [0.2, 0.25) is 0 Å². The fraction of sp³-hybridized carbons (Fsp3) is 0.647. The number of anilines is 1. The summed E-state index contributed by atoms with van der Waals surface area (Å²) in [5.74, 6) is 0. The SMILES string of the molecule is CCCNCc1ccc(N2CCCCC2CO)c(C)c1. The van der Waals surface area contributed by atoms with Crippen LogP contribution in [0.2, 0.25) is 0 Å². The third kappa shape index (κ3) is 3.74. The second kappa shape index (κ2) is 7.65. The Kier molecular flexibility index (Phi) is 5.86. The fourth-order valence-corrected chi connectivity index (χ4v) is 3.07. The molecule has 1 aromatic carbocycles. The third-order valence-electron chi connectivity index (χ3n) is 4.16. The first kappa shape index (κ1) is 15.3. The number of nitrogens with zero attached hydrogens (tertiary/aromatic N) is 1. The van der Waals surface area contributed by atoms with Crippen molar-refractivity contribution < 1.29 is 5.11 Å². The number of hydrogen-bond acceptors (Lipinski definition) is 3. The maximum absolute atomic E-state index is 9.56. The summed E-state index contributed by atoms with van der Waals surface area (Å²) in [5, 5.41) is 13.0. The molecule has 3 heteroatoms. The molecule has 2 rings (SSSR count). The Bertz CT molecular complexity index is 419. The molecule has 0 spiro atoms. The predicted octanol–water partition coefficient (Wildman–Crippen LogP) is 2.85. The molecule has 0 aliphatic carbocycles. The number of rotatable bonds is 6. The van der Waals surface area contributed by atoms with Crippen molar-refractivity contribution in [2.24, 2.45) is 0 Å². The Morgan fingerprint density at radius 2 is 2.20 bits per heavy atom. The smallest absolute Gasteiger partial charge is 0.0635 e. The van der Waals surface area contributed by atoms with Crippen LogP contribution in [0, 0.1) is 6.92 Å². The molecule has 1 aliphatic rings. The van der Waals surface area contributed by atoms with Gasteiger partial charge in [0.05, 0.1) is 12.6 Å². The summed E-state index contributed by atoms with van der Waals surface area (Å²) >= 11 is 0. The number of aliphatic hydroxyl groups excluding tert-OH is 1. The van der Waals surface area contributed by atoms with Gasteiger partial charge in [0, 0.05) is 18.8 Å². The van der Waals surface area contributed by atoms with Crippen molar-refractivity contribution in [3.63, 3.8) is 0 Å². The molecule has 1 heterocycles. The van der Waals surface area contributed by atoms with E-state index < -0.39 is 0 Å². The monoisotopic (exact) mass is 276 g/mol. The van der Waals surface area contributed by atoms with E-state index in [2.05, 4.69) is 42.3 Å². The van der Waals surface area contributed by atoms with Crippen LogP contribution in [0.15, 0.2) is 18.2 Å². The molecule has 2 N–H and O–H groups in total. The van der Waals surface area contributed by atoms with Crippen LogP contribution in [0.3, 0.4) is 0 Å². The highest BCUT2D eigenvalue weighted by Gasteiger charge is 2.22. The molecule has 0 amide bonds. The molecule has 0 bridgehead atoms. The number of aryl methyl sites for hydroxylation is 1. The van der Waals surface area contributed by atoms with Crippen LogP contribution in [-0.4, -0.2) is 30.8 Å². The van der Waals surface area contributed by atoms with Crippen LogP contribution in [0.1, 0.15) is 43.7 Å². The molecule has 1 aromatic rings. The minimum Gasteiger partial charge on any atom is -0.394 e. The maximum Gasteiger partial charge on any atom is 0.0635 e. The Hall–Kier alpha value is -1.06.